The van der Waals surface area contributed by atoms with Gasteiger partial charge >= 0.3 is 0 Å². The maximum Gasteiger partial charge on any atom is 0.0726 e. The van der Waals surface area contributed by atoms with Crippen LogP contribution in [-0.2, 0) is 5.41 Å². The smallest absolute Gasteiger partial charge is 0.0726 e. The third-order valence-corrected chi connectivity index (χ3v) is 10.7. The number of nitrogens with zero attached hydrogens (tertiary/aromatic N) is 1. The number of para-hydroxylation sites is 1. The second-order valence-corrected chi connectivity index (χ2v) is 13.2. The van der Waals surface area contributed by atoms with Gasteiger partial charge < -0.3 is 4.90 Å². The molecule has 0 bridgehead atoms. The molecule has 0 atom stereocenters. The van der Waals surface area contributed by atoms with Gasteiger partial charge in [-0.2, -0.15) is 0 Å². The fourth-order valence-corrected chi connectivity index (χ4v) is 8.71. The first-order valence-electron chi connectivity index (χ1n) is 17.4. The second-order valence-electron chi connectivity index (χ2n) is 13.2. The molecule has 0 amide bonds. The summed E-state index contributed by atoms with van der Waals surface area (Å²) in [6.07, 6.45) is 0. The predicted octanol–water partition coefficient (Wildman–Crippen LogP) is 12.8. The maximum atomic E-state index is 2.44. The summed E-state index contributed by atoms with van der Waals surface area (Å²) in [6.45, 7) is 0. The lowest BCUT2D eigenvalue weighted by Crippen LogP contribution is -2.26. The number of anilines is 3. The Hall–Kier alpha value is -6.44. The first-order chi connectivity index (χ1) is 24.8. The van der Waals surface area contributed by atoms with Gasteiger partial charge in [-0.15, -0.1) is 0 Å². The van der Waals surface area contributed by atoms with E-state index in [1.165, 1.54) is 72.4 Å². The van der Waals surface area contributed by atoms with Crippen molar-refractivity contribution in [3.05, 3.63) is 222 Å². The molecule has 50 heavy (non-hydrogen) atoms. The monoisotopic (exact) mass is 635 g/mol. The zero-order valence-corrected chi connectivity index (χ0v) is 27.5. The zero-order chi connectivity index (χ0) is 33.1. The van der Waals surface area contributed by atoms with E-state index >= 15 is 0 Å². The van der Waals surface area contributed by atoms with Crippen molar-refractivity contribution in [2.45, 2.75) is 5.41 Å². The van der Waals surface area contributed by atoms with Crippen LogP contribution in [-0.4, -0.2) is 0 Å². The molecule has 0 saturated heterocycles. The van der Waals surface area contributed by atoms with Crippen molar-refractivity contribution in [3.63, 3.8) is 0 Å². The van der Waals surface area contributed by atoms with E-state index in [9.17, 15) is 0 Å². The highest BCUT2D eigenvalue weighted by atomic mass is 15.1. The van der Waals surface area contributed by atoms with E-state index in [2.05, 4.69) is 205 Å². The molecule has 0 aromatic heterocycles. The molecular weight excluding hydrogens is 603 g/mol. The first-order valence-corrected chi connectivity index (χ1v) is 17.4. The van der Waals surface area contributed by atoms with Gasteiger partial charge in [0.1, 0.15) is 0 Å². The minimum Gasteiger partial charge on any atom is -0.310 e. The van der Waals surface area contributed by atoms with E-state index in [0.717, 1.165) is 11.4 Å². The molecular formula is C49H33N. The lowest BCUT2D eigenvalue weighted by molar-refractivity contribution is 0.794. The molecule has 0 radical (unpaired) electrons. The van der Waals surface area contributed by atoms with Crippen LogP contribution in [0.2, 0.25) is 0 Å². The summed E-state index contributed by atoms with van der Waals surface area (Å²) in [6, 6.07) is 73.3. The summed E-state index contributed by atoms with van der Waals surface area (Å²) >= 11 is 0. The quantitative estimate of drug-likeness (QED) is 0.182. The molecule has 0 heterocycles. The van der Waals surface area contributed by atoms with Gasteiger partial charge in [-0.05, 0) is 91.5 Å². The summed E-state index contributed by atoms with van der Waals surface area (Å²) in [5, 5.41) is 0. The molecule has 1 spiro atoms. The summed E-state index contributed by atoms with van der Waals surface area (Å²) in [5.41, 5.74) is 18.6. The third kappa shape index (κ3) is 4.07. The summed E-state index contributed by atoms with van der Waals surface area (Å²) in [4.78, 5) is 2.44. The van der Waals surface area contributed by atoms with Crippen molar-refractivity contribution in [1.29, 1.82) is 0 Å². The van der Waals surface area contributed by atoms with Crippen molar-refractivity contribution >= 4 is 17.1 Å². The molecule has 0 aliphatic heterocycles. The topological polar surface area (TPSA) is 3.24 Å². The van der Waals surface area contributed by atoms with Crippen molar-refractivity contribution in [2.75, 3.05) is 4.90 Å². The number of rotatable bonds is 5. The van der Waals surface area contributed by atoms with Gasteiger partial charge in [0.2, 0.25) is 0 Å². The van der Waals surface area contributed by atoms with Gasteiger partial charge in [0.15, 0.2) is 0 Å². The van der Waals surface area contributed by atoms with Gasteiger partial charge in [0, 0.05) is 16.9 Å². The zero-order valence-electron chi connectivity index (χ0n) is 27.5. The van der Waals surface area contributed by atoms with Crippen LogP contribution in [0.1, 0.15) is 22.3 Å². The summed E-state index contributed by atoms with van der Waals surface area (Å²) < 4.78 is 0. The molecule has 1 heteroatoms. The highest BCUT2D eigenvalue weighted by molar-refractivity contribution is 6.01. The number of hydrogen-bond donors (Lipinski definition) is 0. The Morgan fingerprint density at radius 3 is 1.30 bits per heavy atom. The van der Waals surface area contributed by atoms with Crippen LogP contribution in [0.15, 0.2) is 200 Å². The van der Waals surface area contributed by atoms with Crippen molar-refractivity contribution < 1.29 is 0 Å². The molecule has 234 valence electrons. The molecule has 8 aromatic rings. The van der Waals surface area contributed by atoms with Crippen LogP contribution in [0.4, 0.5) is 17.1 Å². The lowest BCUT2D eigenvalue weighted by Gasteiger charge is -2.31. The Morgan fingerprint density at radius 2 is 0.700 bits per heavy atom. The van der Waals surface area contributed by atoms with Crippen molar-refractivity contribution in [3.8, 4) is 44.5 Å². The van der Waals surface area contributed by atoms with Gasteiger partial charge in [0.25, 0.3) is 0 Å². The van der Waals surface area contributed by atoms with Crippen LogP contribution in [0.3, 0.4) is 0 Å². The lowest BCUT2D eigenvalue weighted by atomic mass is 9.70. The van der Waals surface area contributed by atoms with Gasteiger partial charge in [0.05, 0.1) is 11.1 Å². The molecule has 0 fully saturated rings. The second kappa shape index (κ2) is 11.3. The first kappa shape index (κ1) is 28.6. The molecule has 2 aliphatic rings. The van der Waals surface area contributed by atoms with E-state index in [-0.39, 0.29) is 5.41 Å². The molecule has 10 rings (SSSR count). The Bertz CT molecular complexity index is 2480. The number of benzene rings is 8. The van der Waals surface area contributed by atoms with Gasteiger partial charge in [-0.1, -0.05) is 170 Å². The van der Waals surface area contributed by atoms with Crippen LogP contribution in [0, 0.1) is 0 Å². The average molecular weight is 636 g/mol. The summed E-state index contributed by atoms with van der Waals surface area (Å²) in [5.74, 6) is 0. The number of hydrogen-bond acceptors (Lipinski definition) is 1. The van der Waals surface area contributed by atoms with E-state index in [4.69, 9.17) is 0 Å². The predicted molar refractivity (Wildman–Crippen MR) is 208 cm³/mol. The Balaban J connectivity index is 1.19. The number of fused-ring (bicyclic) bond motifs is 10. The highest BCUT2D eigenvalue weighted by Crippen LogP contribution is 2.64. The minimum absolute atomic E-state index is 0.386. The Labute approximate surface area is 293 Å². The Morgan fingerprint density at radius 1 is 0.280 bits per heavy atom. The van der Waals surface area contributed by atoms with Crippen LogP contribution in [0.5, 0.6) is 0 Å². The minimum atomic E-state index is -0.386. The van der Waals surface area contributed by atoms with Crippen molar-refractivity contribution in [1.82, 2.24) is 0 Å². The maximum absolute atomic E-state index is 2.44. The van der Waals surface area contributed by atoms with E-state index in [1.54, 1.807) is 0 Å². The fraction of sp³-hybridized carbons (Fsp3) is 0.0204. The van der Waals surface area contributed by atoms with Gasteiger partial charge in [-0.25, -0.2) is 0 Å². The van der Waals surface area contributed by atoms with E-state index in [0.29, 0.717) is 0 Å². The summed E-state index contributed by atoms with van der Waals surface area (Å²) in [7, 11) is 0. The molecule has 2 aliphatic carbocycles. The van der Waals surface area contributed by atoms with Crippen molar-refractivity contribution in [2.24, 2.45) is 0 Å². The standard InChI is InChI=1S/C49H33N/c1-3-16-34(17-4-1)38-20-7-8-21-39(38)35-30-32-37(33-31-35)50(36-18-5-2-6-19-36)47-29-15-28-46-48(47)42-24-11-14-27-45(42)49(46)43-25-12-9-22-40(43)41-23-10-13-26-44(41)49/h1-33H. The highest BCUT2D eigenvalue weighted by Gasteiger charge is 2.52. The Kier molecular flexibility index (Phi) is 6.47. The molecule has 1 nitrogen and oxygen atoms in total. The third-order valence-electron chi connectivity index (χ3n) is 10.7. The average Bonchev–Trinajstić information content (AvgIpc) is 3.67. The fourth-order valence-electron chi connectivity index (χ4n) is 8.71. The van der Waals surface area contributed by atoms with Gasteiger partial charge in [-0.3, -0.25) is 0 Å². The van der Waals surface area contributed by atoms with Crippen LogP contribution < -0.4 is 4.90 Å². The molecule has 0 saturated carbocycles. The van der Waals surface area contributed by atoms with Crippen LogP contribution in [0.25, 0.3) is 44.5 Å². The van der Waals surface area contributed by atoms with E-state index in [1.807, 2.05) is 0 Å². The largest absolute Gasteiger partial charge is 0.310 e. The SMILES string of the molecule is c1ccc(-c2ccccc2-c2ccc(N(c3ccccc3)c3cccc4c3-c3ccccc3C43c4ccccc4-c4ccccc43)cc2)cc1. The molecule has 0 unspecified atom stereocenters. The normalized spacial score (nSPS) is 13.0. The van der Waals surface area contributed by atoms with Crippen LogP contribution >= 0.6 is 0 Å². The molecule has 8 aromatic carbocycles. The van der Waals surface area contributed by atoms with E-state index < -0.39 is 0 Å². The molecule has 0 N–H and O–H groups in total.